The van der Waals surface area contributed by atoms with E-state index < -0.39 is 0 Å². The second-order valence-electron chi connectivity index (χ2n) is 5.38. The maximum Gasteiger partial charge on any atom is 0.126 e. The standard InChI is InChI=1S/C15H20FNS/c1-18-15-7-3-6-14(15)17-13-9-8-10-11(13)4-2-5-12(10)16/h2,4-5,13-15,17H,3,6-9H2,1H3. The summed E-state index contributed by atoms with van der Waals surface area (Å²) in [6.45, 7) is 0. The lowest BCUT2D eigenvalue weighted by Gasteiger charge is -2.24. The minimum atomic E-state index is -0.0235. The minimum absolute atomic E-state index is 0.0235. The number of rotatable bonds is 3. The highest BCUT2D eigenvalue weighted by Crippen LogP contribution is 2.36. The number of nitrogens with one attached hydrogen (secondary N) is 1. The van der Waals surface area contributed by atoms with Crippen LogP contribution >= 0.6 is 11.8 Å². The summed E-state index contributed by atoms with van der Waals surface area (Å²) in [7, 11) is 0. The molecule has 18 heavy (non-hydrogen) atoms. The average Bonchev–Trinajstić information content (AvgIpc) is 2.98. The summed E-state index contributed by atoms with van der Waals surface area (Å²) in [6.07, 6.45) is 8.05. The largest absolute Gasteiger partial charge is 0.306 e. The van der Waals surface area contributed by atoms with Gasteiger partial charge in [-0.3, -0.25) is 0 Å². The Bertz CT molecular complexity index is 435. The number of halogens is 1. The first kappa shape index (κ1) is 12.5. The highest BCUT2D eigenvalue weighted by Gasteiger charge is 2.31. The lowest BCUT2D eigenvalue weighted by molar-refractivity contribution is 0.443. The highest BCUT2D eigenvalue weighted by molar-refractivity contribution is 7.99. The van der Waals surface area contributed by atoms with Crippen molar-refractivity contribution in [2.45, 2.75) is 49.4 Å². The number of benzene rings is 1. The third-order valence-corrected chi connectivity index (χ3v) is 5.55. The lowest BCUT2D eigenvalue weighted by Crippen LogP contribution is -2.36. The fraction of sp³-hybridized carbons (Fsp3) is 0.600. The molecule has 1 aromatic rings. The molecule has 1 nitrogen and oxygen atoms in total. The zero-order valence-electron chi connectivity index (χ0n) is 10.8. The van der Waals surface area contributed by atoms with Gasteiger partial charge in [0.05, 0.1) is 0 Å². The van der Waals surface area contributed by atoms with Crippen molar-refractivity contribution in [3.8, 4) is 0 Å². The maximum atomic E-state index is 13.7. The first-order valence-electron chi connectivity index (χ1n) is 6.85. The Morgan fingerprint density at radius 1 is 1.28 bits per heavy atom. The van der Waals surface area contributed by atoms with Crippen LogP contribution in [-0.4, -0.2) is 17.5 Å². The van der Waals surface area contributed by atoms with Crippen LogP contribution in [0.3, 0.4) is 0 Å². The van der Waals surface area contributed by atoms with E-state index in [9.17, 15) is 4.39 Å². The zero-order chi connectivity index (χ0) is 12.5. The second-order valence-corrected chi connectivity index (χ2v) is 6.45. The molecule has 1 fully saturated rings. The Hall–Kier alpha value is -0.540. The van der Waals surface area contributed by atoms with Crippen molar-refractivity contribution < 1.29 is 4.39 Å². The number of thioether (sulfide) groups is 1. The smallest absolute Gasteiger partial charge is 0.126 e. The molecule has 1 saturated carbocycles. The van der Waals surface area contributed by atoms with Crippen LogP contribution in [0, 0.1) is 5.82 Å². The van der Waals surface area contributed by atoms with Crippen LogP contribution in [0.15, 0.2) is 18.2 Å². The van der Waals surface area contributed by atoms with Crippen LogP contribution in [0.5, 0.6) is 0 Å². The van der Waals surface area contributed by atoms with Gasteiger partial charge in [-0.05, 0) is 49.1 Å². The molecule has 0 heterocycles. The average molecular weight is 265 g/mol. The van der Waals surface area contributed by atoms with E-state index in [0.717, 1.165) is 23.7 Å². The van der Waals surface area contributed by atoms with Gasteiger partial charge in [-0.2, -0.15) is 11.8 Å². The van der Waals surface area contributed by atoms with Gasteiger partial charge in [0, 0.05) is 17.3 Å². The van der Waals surface area contributed by atoms with Gasteiger partial charge in [0.1, 0.15) is 5.82 Å². The molecule has 0 saturated heterocycles. The Morgan fingerprint density at radius 3 is 3.00 bits per heavy atom. The van der Waals surface area contributed by atoms with Crippen molar-refractivity contribution in [1.82, 2.24) is 5.32 Å². The summed E-state index contributed by atoms with van der Waals surface area (Å²) < 4.78 is 13.7. The summed E-state index contributed by atoms with van der Waals surface area (Å²) in [5.74, 6) is -0.0235. The first-order valence-corrected chi connectivity index (χ1v) is 8.14. The normalized spacial score (nSPS) is 30.7. The van der Waals surface area contributed by atoms with Crippen molar-refractivity contribution in [2.75, 3.05) is 6.26 Å². The van der Waals surface area contributed by atoms with Crippen molar-refractivity contribution in [1.29, 1.82) is 0 Å². The molecule has 0 amide bonds. The Kier molecular flexibility index (Phi) is 3.62. The van der Waals surface area contributed by atoms with Gasteiger partial charge in [0.25, 0.3) is 0 Å². The van der Waals surface area contributed by atoms with Crippen molar-refractivity contribution in [3.63, 3.8) is 0 Å². The number of hydrogen-bond acceptors (Lipinski definition) is 2. The summed E-state index contributed by atoms with van der Waals surface area (Å²) >= 11 is 1.97. The van der Waals surface area contributed by atoms with Crippen LogP contribution in [0.25, 0.3) is 0 Å². The molecule has 0 aliphatic heterocycles. The number of hydrogen-bond donors (Lipinski definition) is 1. The van der Waals surface area contributed by atoms with Crippen LogP contribution in [0.4, 0.5) is 4.39 Å². The van der Waals surface area contributed by atoms with E-state index in [1.807, 2.05) is 17.8 Å². The van der Waals surface area contributed by atoms with E-state index in [2.05, 4.69) is 17.6 Å². The fourth-order valence-electron chi connectivity index (χ4n) is 3.44. The predicted octanol–water partition coefficient (Wildman–Crippen LogP) is 3.69. The molecule has 3 unspecified atom stereocenters. The molecule has 3 atom stereocenters. The Balaban J connectivity index is 1.75. The van der Waals surface area contributed by atoms with E-state index in [1.165, 1.54) is 24.8 Å². The molecule has 3 rings (SSSR count). The summed E-state index contributed by atoms with van der Waals surface area (Å²) in [5, 5.41) is 4.51. The minimum Gasteiger partial charge on any atom is -0.306 e. The molecule has 1 N–H and O–H groups in total. The topological polar surface area (TPSA) is 12.0 Å². The van der Waals surface area contributed by atoms with Crippen molar-refractivity contribution >= 4 is 11.8 Å². The van der Waals surface area contributed by atoms with E-state index >= 15 is 0 Å². The highest BCUT2D eigenvalue weighted by atomic mass is 32.2. The summed E-state index contributed by atoms with van der Waals surface area (Å²) in [5.41, 5.74) is 2.13. The van der Waals surface area contributed by atoms with Crippen molar-refractivity contribution in [2.24, 2.45) is 0 Å². The van der Waals surface area contributed by atoms with E-state index in [1.54, 1.807) is 6.07 Å². The van der Waals surface area contributed by atoms with Crippen molar-refractivity contribution in [3.05, 3.63) is 35.1 Å². The molecule has 2 aliphatic carbocycles. The van der Waals surface area contributed by atoms with E-state index in [-0.39, 0.29) is 5.82 Å². The third-order valence-electron chi connectivity index (χ3n) is 4.38. The number of fused-ring (bicyclic) bond motifs is 1. The van der Waals surface area contributed by atoms with E-state index in [4.69, 9.17) is 0 Å². The van der Waals surface area contributed by atoms with Crippen LogP contribution < -0.4 is 5.32 Å². The fourth-order valence-corrected chi connectivity index (χ4v) is 4.39. The summed E-state index contributed by atoms with van der Waals surface area (Å²) in [4.78, 5) is 0. The molecular formula is C15H20FNS. The molecule has 2 aliphatic rings. The molecule has 0 aromatic heterocycles. The van der Waals surface area contributed by atoms with Crippen LogP contribution in [0.2, 0.25) is 0 Å². The second kappa shape index (κ2) is 5.22. The molecule has 1 aromatic carbocycles. The monoisotopic (exact) mass is 265 g/mol. The van der Waals surface area contributed by atoms with Gasteiger partial charge in [-0.25, -0.2) is 4.39 Å². The van der Waals surface area contributed by atoms with Crippen LogP contribution in [-0.2, 0) is 6.42 Å². The van der Waals surface area contributed by atoms with Gasteiger partial charge in [-0.15, -0.1) is 0 Å². The van der Waals surface area contributed by atoms with Gasteiger partial charge < -0.3 is 5.32 Å². The van der Waals surface area contributed by atoms with Gasteiger partial charge in [0.15, 0.2) is 0 Å². The molecule has 0 radical (unpaired) electrons. The SMILES string of the molecule is CSC1CCCC1NC1CCc2c(F)cccc21. The predicted molar refractivity (Wildman–Crippen MR) is 75.5 cm³/mol. The Morgan fingerprint density at radius 2 is 2.17 bits per heavy atom. The Labute approximate surface area is 113 Å². The maximum absolute atomic E-state index is 13.7. The van der Waals surface area contributed by atoms with Crippen LogP contribution in [0.1, 0.15) is 42.9 Å². The van der Waals surface area contributed by atoms with E-state index in [0.29, 0.717) is 12.1 Å². The molecule has 0 spiro atoms. The molecule has 0 bridgehead atoms. The molecule has 98 valence electrons. The van der Waals surface area contributed by atoms with Gasteiger partial charge in [-0.1, -0.05) is 18.6 Å². The summed E-state index contributed by atoms with van der Waals surface area (Å²) in [6, 6.07) is 6.50. The first-order chi connectivity index (χ1) is 8.79. The third kappa shape index (κ3) is 2.19. The molecule has 3 heteroatoms. The lowest BCUT2D eigenvalue weighted by atomic mass is 10.1. The van der Waals surface area contributed by atoms with Gasteiger partial charge >= 0.3 is 0 Å². The molecular weight excluding hydrogens is 245 g/mol. The zero-order valence-corrected chi connectivity index (χ0v) is 11.6. The quantitative estimate of drug-likeness (QED) is 0.894. The van der Waals surface area contributed by atoms with Gasteiger partial charge in [0.2, 0.25) is 0 Å².